The molecular formula is C9H9IN2O2S. The molecule has 80 valence electrons. The molecule has 0 bridgehead atoms. The standard InChI is InChI=1S/C9H9IN2O2S/c10-6-1-2-7(12-9(11)15)5(3-6)4-8(13)14/h1-3H,4H2,(H,13,14)(H3,11,12,15). The Morgan fingerprint density at radius 1 is 1.60 bits per heavy atom. The van der Waals surface area contributed by atoms with Gasteiger partial charge in [-0.05, 0) is 58.6 Å². The number of anilines is 1. The van der Waals surface area contributed by atoms with Crippen molar-refractivity contribution >= 4 is 51.6 Å². The number of aliphatic carboxylic acids is 1. The highest BCUT2D eigenvalue weighted by molar-refractivity contribution is 14.1. The molecule has 1 aromatic carbocycles. The second-order valence-corrected chi connectivity index (χ2v) is 4.55. The maximum absolute atomic E-state index is 10.6. The zero-order chi connectivity index (χ0) is 11.4. The van der Waals surface area contributed by atoms with Gasteiger partial charge in [0.15, 0.2) is 5.11 Å². The minimum absolute atomic E-state index is 0.0538. The Morgan fingerprint density at radius 3 is 2.80 bits per heavy atom. The van der Waals surface area contributed by atoms with E-state index < -0.39 is 5.97 Å². The summed E-state index contributed by atoms with van der Waals surface area (Å²) < 4.78 is 0.970. The van der Waals surface area contributed by atoms with Crippen molar-refractivity contribution in [3.8, 4) is 0 Å². The van der Waals surface area contributed by atoms with Gasteiger partial charge in [-0.3, -0.25) is 4.79 Å². The Hall–Kier alpha value is -0.890. The van der Waals surface area contributed by atoms with E-state index in [1.54, 1.807) is 12.1 Å². The first-order valence-electron chi connectivity index (χ1n) is 4.05. The molecule has 0 fully saturated rings. The Bertz CT molecular complexity index is 409. The van der Waals surface area contributed by atoms with Gasteiger partial charge in [0.1, 0.15) is 0 Å². The molecule has 0 saturated carbocycles. The van der Waals surface area contributed by atoms with Crippen LogP contribution in [0.5, 0.6) is 0 Å². The highest BCUT2D eigenvalue weighted by Crippen LogP contribution is 2.19. The number of rotatable bonds is 3. The van der Waals surface area contributed by atoms with E-state index in [2.05, 4.69) is 27.9 Å². The van der Waals surface area contributed by atoms with Crippen molar-refractivity contribution < 1.29 is 9.90 Å². The highest BCUT2D eigenvalue weighted by Gasteiger charge is 2.07. The van der Waals surface area contributed by atoms with Gasteiger partial charge >= 0.3 is 5.97 Å². The second kappa shape index (κ2) is 5.26. The fourth-order valence-corrected chi connectivity index (χ4v) is 1.79. The molecule has 0 unspecified atom stereocenters. The molecule has 1 aromatic rings. The molecule has 1 rings (SSSR count). The number of hydrogen-bond donors (Lipinski definition) is 3. The maximum Gasteiger partial charge on any atom is 0.307 e. The number of thiocarbonyl (C=S) groups is 1. The summed E-state index contributed by atoms with van der Waals surface area (Å²) in [6.07, 6.45) is -0.0538. The average molecular weight is 336 g/mol. The summed E-state index contributed by atoms with van der Waals surface area (Å²) in [6.45, 7) is 0. The molecule has 0 spiro atoms. The molecule has 15 heavy (non-hydrogen) atoms. The zero-order valence-electron chi connectivity index (χ0n) is 7.66. The summed E-state index contributed by atoms with van der Waals surface area (Å²) in [7, 11) is 0. The number of benzene rings is 1. The van der Waals surface area contributed by atoms with Crippen LogP contribution >= 0.6 is 34.8 Å². The lowest BCUT2D eigenvalue weighted by molar-refractivity contribution is -0.136. The van der Waals surface area contributed by atoms with Crippen LogP contribution in [0.25, 0.3) is 0 Å². The van der Waals surface area contributed by atoms with Gasteiger partial charge in [0, 0.05) is 9.26 Å². The van der Waals surface area contributed by atoms with Crippen LogP contribution < -0.4 is 11.1 Å². The molecular weight excluding hydrogens is 327 g/mol. The van der Waals surface area contributed by atoms with Crippen LogP contribution in [0.1, 0.15) is 5.56 Å². The van der Waals surface area contributed by atoms with Gasteiger partial charge in [0.2, 0.25) is 0 Å². The molecule has 0 aromatic heterocycles. The monoisotopic (exact) mass is 336 g/mol. The van der Waals surface area contributed by atoms with Gasteiger partial charge in [-0.2, -0.15) is 0 Å². The average Bonchev–Trinajstić information content (AvgIpc) is 2.08. The van der Waals surface area contributed by atoms with Gasteiger partial charge in [0.05, 0.1) is 6.42 Å². The van der Waals surface area contributed by atoms with Crippen molar-refractivity contribution in [1.82, 2.24) is 0 Å². The van der Waals surface area contributed by atoms with Crippen molar-refractivity contribution in [3.05, 3.63) is 27.3 Å². The van der Waals surface area contributed by atoms with Crippen LogP contribution in [0.4, 0.5) is 5.69 Å². The Morgan fingerprint density at radius 2 is 2.27 bits per heavy atom. The first-order chi connectivity index (χ1) is 6.99. The SMILES string of the molecule is NC(=S)Nc1ccc(I)cc1CC(=O)O. The third kappa shape index (κ3) is 4.00. The maximum atomic E-state index is 10.6. The van der Waals surface area contributed by atoms with Crippen molar-refractivity contribution in [1.29, 1.82) is 0 Å². The number of carbonyl (C=O) groups is 1. The van der Waals surface area contributed by atoms with E-state index in [0.29, 0.717) is 11.3 Å². The number of carboxylic acid groups (broad SMARTS) is 1. The Kier molecular flexibility index (Phi) is 4.28. The van der Waals surface area contributed by atoms with E-state index in [1.807, 2.05) is 6.07 Å². The summed E-state index contributed by atoms with van der Waals surface area (Å²) in [5.41, 5.74) is 6.65. The molecule has 0 radical (unpaired) electrons. The number of carboxylic acids is 1. The number of halogens is 1. The van der Waals surface area contributed by atoms with Gasteiger partial charge in [0.25, 0.3) is 0 Å². The molecule has 4 N–H and O–H groups in total. The van der Waals surface area contributed by atoms with Crippen molar-refractivity contribution in [2.45, 2.75) is 6.42 Å². The minimum Gasteiger partial charge on any atom is -0.481 e. The third-order valence-electron chi connectivity index (χ3n) is 1.67. The molecule has 4 nitrogen and oxygen atoms in total. The predicted octanol–water partition coefficient (Wildman–Crippen LogP) is 1.57. The summed E-state index contributed by atoms with van der Waals surface area (Å²) >= 11 is 6.82. The molecule has 0 aliphatic heterocycles. The normalized spacial score (nSPS) is 9.67. The van der Waals surface area contributed by atoms with Crippen LogP contribution in [-0.4, -0.2) is 16.2 Å². The fraction of sp³-hybridized carbons (Fsp3) is 0.111. The predicted molar refractivity (Wildman–Crippen MR) is 70.9 cm³/mol. The second-order valence-electron chi connectivity index (χ2n) is 2.86. The zero-order valence-corrected chi connectivity index (χ0v) is 10.6. The van der Waals surface area contributed by atoms with Crippen LogP contribution in [0.3, 0.4) is 0 Å². The summed E-state index contributed by atoms with van der Waals surface area (Å²) in [4.78, 5) is 10.6. The van der Waals surface area contributed by atoms with Crippen molar-refractivity contribution in [2.24, 2.45) is 5.73 Å². The molecule has 0 atom stereocenters. The molecule has 0 heterocycles. The van der Waals surface area contributed by atoms with E-state index in [9.17, 15) is 4.79 Å². The lowest BCUT2D eigenvalue weighted by atomic mass is 10.1. The molecule has 0 aliphatic carbocycles. The first kappa shape index (κ1) is 12.2. The quantitative estimate of drug-likeness (QED) is 0.577. The van der Waals surface area contributed by atoms with E-state index in [1.165, 1.54) is 0 Å². The Balaban J connectivity index is 3.02. The van der Waals surface area contributed by atoms with Crippen LogP contribution in [-0.2, 0) is 11.2 Å². The van der Waals surface area contributed by atoms with Crippen LogP contribution in [0.2, 0.25) is 0 Å². The van der Waals surface area contributed by atoms with Crippen LogP contribution in [0.15, 0.2) is 18.2 Å². The molecule has 6 heteroatoms. The molecule has 0 saturated heterocycles. The number of nitrogens with one attached hydrogen (secondary N) is 1. The van der Waals surface area contributed by atoms with Crippen molar-refractivity contribution in [3.63, 3.8) is 0 Å². The first-order valence-corrected chi connectivity index (χ1v) is 5.54. The van der Waals surface area contributed by atoms with Gasteiger partial charge in [-0.1, -0.05) is 0 Å². The summed E-state index contributed by atoms with van der Waals surface area (Å²) in [5.74, 6) is -0.886. The Labute approximate surface area is 106 Å². The van der Waals surface area contributed by atoms with E-state index in [0.717, 1.165) is 3.57 Å². The van der Waals surface area contributed by atoms with E-state index in [-0.39, 0.29) is 11.5 Å². The van der Waals surface area contributed by atoms with Crippen molar-refractivity contribution in [2.75, 3.05) is 5.32 Å². The van der Waals surface area contributed by atoms with Gasteiger partial charge in [-0.25, -0.2) is 0 Å². The smallest absolute Gasteiger partial charge is 0.307 e. The van der Waals surface area contributed by atoms with Gasteiger partial charge < -0.3 is 16.2 Å². The minimum atomic E-state index is -0.886. The van der Waals surface area contributed by atoms with Crippen LogP contribution in [0, 0.1) is 3.57 Å². The molecule has 0 amide bonds. The van der Waals surface area contributed by atoms with E-state index in [4.69, 9.17) is 23.1 Å². The fourth-order valence-electron chi connectivity index (χ4n) is 1.13. The summed E-state index contributed by atoms with van der Waals surface area (Å²) in [6, 6.07) is 5.40. The molecule has 0 aliphatic rings. The third-order valence-corrected chi connectivity index (χ3v) is 2.44. The lowest BCUT2D eigenvalue weighted by Gasteiger charge is -2.09. The van der Waals surface area contributed by atoms with E-state index >= 15 is 0 Å². The largest absolute Gasteiger partial charge is 0.481 e. The topological polar surface area (TPSA) is 75.3 Å². The number of nitrogens with two attached hydrogens (primary N) is 1. The lowest BCUT2D eigenvalue weighted by Crippen LogP contribution is -2.20. The highest BCUT2D eigenvalue weighted by atomic mass is 127. The number of hydrogen-bond acceptors (Lipinski definition) is 2. The van der Waals surface area contributed by atoms with Gasteiger partial charge in [-0.15, -0.1) is 0 Å². The summed E-state index contributed by atoms with van der Waals surface area (Å²) in [5, 5.41) is 11.6.